The van der Waals surface area contributed by atoms with Gasteiger partial charge >= 0.3 is 0 Å². The molecule has 2 nitrogen and oxygen atoms in total. The second-order valence-electron chi connectivity index (χ2n) is 7.95. The van der Waals surface area contributed by atoms with Crippen molar-refractivity contribution in [2.45, 2.75) is 83.7 Å². The van der Waals surface area contributed by atoms with Crippen LogP contribution in [0.15, 0.2) is 54.6 Å². The molecule has 0 aromatic heterocycles. The first-order valence-corrected chi connectivity index (χ1v) is 12.5. The van der Waals surface area contributed by atoms with E-state index in [-0.39, 0.29) is 6.10 Å². The lowest BCUT2D eigenvalue weighted by atomic mass is 10.0. The molecule has 160 valence electrons. The molecule has 0 bridgehead atoms. The minimum absolute atomic E-state index is 0.366. The van der Waals surface area contributed by atoms with Crippen molar-refractivity contribution in [3.63, 3.8) is 0 Å². The van der Waals surface area contributed by atoms with Crippen LogP contribution >= 0.6 is 8.58 Å². The molecule has 0 aliphatic carbocycles. The molecule has 0 amide bonds. The molecule has 0 spiro atoms. The Labute approximate surface area is 179 Å². The van der Waals surface area contributed by atoms with E-state index in [0.717, 1.165) is 18.6 Å². The Bertz CT molecular complexity index is 627. The zero-order chi connectivity index (χ0) is 20.6. The van der Waals surface area contributed by atoms with Gasteiger partial charge in [0.25, 0.3) is 0 Å². The first-order chi connectivity index (χ1) is 14.3. The monoisotopic (exact) mass is 414 g/mol. The molecule has 0 aliphatic rings. The molecular weight excluding hydrogens is 375 g/mol. The van der Waals surface area contributed by atoms with Crippen LogP contribution in [0, 0.1) is 0 Å². The molecule has 0 aliphatic heterocycles. The van der Waals surface area contributed by atoms with E-state index >= 15 is 0 Å². The number of unbranched alkanes of at least 4 members (excludes halogenated alkanes) is 9. The summed E-state index contributed by atoms with van der Waals surface area (Å²) >= 11 is 0. The van der Waals surface area contributed by atoms with Gasteiger partial charge in [0, 0.05) is 0 Å². The number of aliphatic hydroxyl groups is 1. The van der Waals surface area contributed by atoms with E-state index in [0.29, 0.717) is 15.2 Å². The number of aliphatic hydroxyl groups excluding tert-OH is 1. The van der Waals surface area contributed by atoms with Crippen LogP contribution in [0.5, 0.6) is 5.75 Å². The number of benzene rings is 2. The fraction of sp³-hybridized carbons (Fsp3) is 0.538. The van der Waals surface area contributed by atoms with Gasteiger partial charge in [0.15, 0.2) is 0 Å². The maximum atomic E-state index is 10.2. The highest BCUT2D eigenvalue weighted by Gasteiger charge is 2.05. The normalized spacial score (nSPS) is 12.5. The Balaban J connectivity index is 1.50. The SMILES string of the molecule is CCCCCCCCCCCCC(O)COc1ccc(Pc2ccccc2)cc1. The summed E-state index contributed by atoms with van der Waals surface area (Å²) in [5.41, 5.74) is 0. The van der Waals surface area contributed by atoms with Crippen LogP contribution in [0.3, 0.4) is 0 Å². The van der Waals surface area contributed by atoms with Crippen LogP contribution in [-0.2, 0) is 0 Å². The van der Waals surface area contributed by atoms with Gasteiger partial charge in [0.05, 0.1) is 6.10 Å². The standard InChI is InChI=1S/C26H39O2P/c1-2-3-4-5-6-7-8-9-10-12-15-23(27)22-28-24-18-20-26(21-19-24)29-25-16-13-11-14-17-25/h11,13-14,16-21,23,27,29H,2-10,12,15,22H2,1H3. The lowest BCUT2D eigenvalue weighted by Crippen LogP contribution is -2.17. The van der Waals surface area contributed by atoms with Crippen LogP contribution < -0.4 is 15.3 Å². The van der Waals surface area contributed by atoms with Gasteiger partial charge in [-0.1, -0.05) is 122 Å². The average molecular weight is 415 g/mol. The highest BCUT2D eigenvalue weighted by atomic mass is 31.1. The maximum Gasteiger partial charge on any atom is 0.119 e. The van der Waals surface area contributed by atoms with Gasteiger partial charge in [0.2, 0.25) is 0 Å². The molecule has 2 aromatic rings. The molecule has 0 saturated heterocycles. The highest BCUT2D eigenvalue weighted by molar-refractivity contribution is 7.55. The first kappa shape index (κ1) is 23.9. The molecule has 2 aromatic carbocycles. The van der Waals surface area contributed by atoms with E-state index in [4.69, 9.17) is 4.74 Å². The molecule has 29 heavy (non-hydrogen) atoms. The fourth-order valence-corrected chi connectivity index (χ4v) is 4.49. The van der Waals surface area contributed by atoms with E-state index in [9.17, 15) is 5.11 Å². The summed E-state index contributed by atoms with van der Waals surface area (Å²) in [6, 6.07) is 18.8. The van der Waals surface area contributed by atoms with Gasteiger partial charge in [-0.25, -0.2) is 0 Å². The third-order valence-electron chi connectivity index (χ3n) is 5.25. The minimum atomic E-state index is -0.366. The molecule has 0 radical (unpaired) electrons. The topological polar surface area (TPSA) is 29.5 Å². The average Bonchev–Trinajstić information content (AvgIpc) is 2.75. The summed E-state index contributed by atoms with van der Waals surface area (Å²) in [6.45, 7) is 2.65. The van der Waals surface area contributed by atoms with Crippen LogP contribution in [0.2, 0.25) is 0 Å². The fourth-order valence-electron chi connectivity index (χ4n) is 3.47. The van der Waals surface area contributed by atoms with Crippen molar-refractivity contribution >= 4 is 19.2 Å². The highest BCUT2D eigenvalue weighted by Crippen LogP contribution is 2.16. The maximum absolute atomic E-state index is 10.2. The molecule has 0 saturated carbocycles. The van der Waals surface area contributed by atoms with Crippen LogP contribution in [0.25, 0.3) is 0 Å². The summed E-state index contributed by atoms with van der Waals surface area (Å²) < 4.78 is 5.77. The lowest BCUT2D eigenvalue weighted by molar-refractivity contribution is 0.0975. The third kappa shape index (κ3) is 11.4. The third-order valence-corrected chi connectivity index (χ3v) is 6.49. The Hall–Kier alpha value is -1.37. The van der Waals surface area contributed by atoms with Crippen molar-refractivity contribution < 1.29 is 9.84 Å². The lowest BCUT2D eigenvalue weighted by Gasteiger charge is -2.13. The summed E-state index contributed by atoms with van der Waals surface area (Å²) in [5.74, 6) is 0.841. The summed E-state index contributed by atoms with van der Waals surface area (Å²) in [6.07, 6.45) is 13.7. The second kappa shape index (κ2) is 15.5. The summed E-state index contributed by atoms with van der Waals surface area (Å²) in [7, 11) is 0.664. The summed E-state index contributed by atoms with van der Waals surface area (Å²) in [5, 5.41) is 12.8. The van der Waals surface area contributed by atoms with Gasteiger partial charge in [0.1, 0.15) is 12.4 Å². The Kier molecular flexibility index (Phi) is 12.7. The van der Waals surface area contributed by atoms with Gasteiger partial charge in [-0.05, 0) is 29.2 Å². The molecule has 2 unspecified atom stereocenters. The zero-order valence-corrected chi connectivity index (χ0v) is 19.1. The largest absolute Gasteiger partial charge is 0.491 e. The van der Waals surface area contributed by atoms with Crippen molar-refractivity contribution in [1.82, 2.24) is 0 Å². The molecular formula is C26H39O2P. The number of hydrogen-bond donors (Lipinski definition) is 1. The smallest absolute Gasteiger partial charge is 0.119 e. The van der Waals surface area contributed by atoms with Crippen molar-refractivity contribution in [1.29, 1.82) is 0 Å². The van der Waals surface area contributed by atoms with E-state index in [2.05, 4.69) is 43.3 Å². The van der Waals surface area contributed by atoms with Crippen molar-refractivity contribution in [2.24, 2.45) is 0 Å². The van der Waals surface area contributed by atoms with Crippen LogP contribution in [0.4, 0.5) is 0 Å². The molecule has 0 fully saturated rings. The van der Waals surface area contributed by atoms with E-state index in [1.807, 2.05) is 18.2 Å². The predicted molar refractivity (Wildman–Crippen MR) is 128 cm³/mol. The Morgan fingerprint density at radius 2 is 1.28 bits per heavy atom. The number of hydrogen-bond acceptors (Lipinski definition) is 2. The number of rotatable bonds is 16. The second-order valence-corrected chi connectivity index (χ2v) is 9.36. The Morgan fingerprint density at radius 1 is 0.724 bits per heavy atom. The Morgan fingerprint density at radius 3 is 1.90 bits per heavy atom. The molecule has 3 heteroatoms. The molecule has 1 N–H and O–H groups in total. The van der Waals surface area contributed by atoms with E-state index in [1.165, 1.54) is 68.4 Å². The van der Waals surface area contributed by atoms with Crippen LogP contribution in [-0.4, -0.2) is 17.8 Å². The number of ether oxygens (including phenoxy) is 1. The van der Waals surface area contributed by atoms with Crippen molar-refractivity contribution in [3.05, 3.63) is 54.6 Å². The van der Waals surface area contributed by atoms with E-state index < -0.39 is 0 Å². The molecule has 2 atom stereocenters. The van der Waals surface area contributed by atoms with Gasteiger partial charge in [-0.2, -0.15) is 0 Å². The minimum Gasteiger partial charge on any atom is -0.491 e. The molecule has 0 heterocycles. The molecule has 2 rings (SSSR count). The van der Waals surface area contributed by atoms with Crippen molar-refractivity contribution in [3.8, 4) is 5.75 Å². The zero-order valence-electron chi connectivity index (χ0n) is 18.1. The quantitative estimate of drug-likeness (QED) is 0.256. The first-order valence-electron chi connectivity index (χ1n) is 11.5. The van der Waals surface area contributed by atoms with Crippen LogP contribution in [0.1, 0.15) is 77.6 Å². The van der Waals surface area contributed by atoms with E-state index in [1.54, 1.807) is 0 Å². The predicted octanol–water partition coefficient (Wildman–Crippen LogP) is 6.37. The summed E-state index contributed by atoms with van der Waals surface area (Å²) in [4.78, 5) is 0. The van der Waals surface area contributed by atoms with Gasteiger partial charge in [-0.3, -0.25) is 0 Å². The van der Waals surface area contributed by atoms with Gasteiger partial charge in [-0.15, -0.1) is 0 Å². The van der Waals surface area contributed by atoms with Gasteiger partial charge < -0.3 is 9.84 Å². The van der Waals surface area contributed by atoms with Crippen molar-refractivity contribution in [2.75, 3.05) is 6.61 Å².